The van der Waals surface area contributed by atoms with Crippen LogP contribution in [0.15, 0.2) is 78.9 Å². The molecule has 3 aromatic carbocycles. The Morgan fingerprint density at radius 1 is 0.906 bits per heavy atom. The number of nitrogens with zero attached hydrogens (tertiary/aromatic N) is 1. The summed E-state index contributed by atoms with van der Waals surface area (Å²) in [6, 6.07) is 20.8. The lowest BCUT2D eigenvalue weighted by atomic mass is 10.2. The van der Waals surface area contributed by atoms with Crippen molar-refractivity contribution in [2.24, 2.45) is 0 Å². The first-order chi connectivity index (χ1) is 15.4. The minimum Gasteiger partial charge on any atom is -0.483 e. The Bertz CT molecular complexity index is 1090. The zero-order valence-electron chi connectivity index (χ0n) is 17.4. The Labute approximate surface area is 184 Å². The molecule has 164 valence electrons. The van der Waals surface area contributed by atoms with Crippen molar-refractivity contribution in [3.8, 4) is 5.75 Å². The molecule has 0 aliphatic rings. The highest BCUT2D eigenvalue weighted by atomic mass is 19.1. The summed E-state index contributed by atoms with van der Waals surface area (Å²) in [5.74, 6) is -1.47. The van der Waals surface area contributed by atoms with Crippen molar-refractivity contribution >= 4 is 29.1 Å². The molecule has 0 unspecified atom stereocenters. The zero-order chi connectivity index (χ0) is 22.9. The molecular formula is C24H22FN3O4. The Morgan fingerprint density at radius 2 is 1.56 bits per heavy atom. The molecule has 0 atom stereocenters. The van der Waals surface area contributed by atoms with Gasteiger partial charge in [-0.2, -0.15) is 0 Å². The van der Waals surface area contributed by atoms with Gasteiger partial charge in [-0.15, -0.1) is 0 Å². The van der Waals surface area contributed by atoms with E-state index in [2.05, 4.69) is 10.6 Å². The molecule has 7 nitrogen and oxygen atoms in total. The molecule has 0 radical (unpaired) electrons. The van der Waals surface area contributed by atoms with Crippen LogP contribution in [0.2, 0.25) is 0 Å². The van der Waals surface area contributed by atoms with Gasteiger partial charge in [0, 0.05) is 18.4 Å². The number of amides is 3. The normalized spacial score (nSPS) is 10.2. The largest absolute Gasteiger partial charge is 0.483 e. The number of halogens is 1. The molecule has 0 fully saturated rings. The highest BCUT2D eigenvalue weighted by molar-refractivity contribution is 6.01. The maximum atomic E-state index is 13.0. The number of likely N-dealkylation sites (N-methyl/N-ethyl adjacent to an activating group) is 1. The Kier molecular flexibility index (Phi) is 7.53. The molecule has 0 bridgehead atoms. The zero-order valence-corrected chi connectivity index (χ0v) is 17.4. The number of hydrogen-bond donors (Lipinski definition) is 2. The third kappa shape index (κ3) is 6.15. The van der Waals surface area contributed by atoms with Gasteiger partial charge in [0.05, 0.1) is 12.1 Å². The molecular weight excluding hydrogens is 413 g/mol. The van der Waals surface area contributed by atoms with E-state index in [9.17, 15) is 18.8 Å². The van der Waals surface area contributed by atoms with Crippen LogP contribution in [-0.4, -0.2) is 37.9 Å². The maximum Gasteiger partial charge on any atom is 0.262 e. The van der Waals surface area contributed by atoms with Crippen LogP contribution >= 0.6 is 0 Å². The maximum absolute atomic E-state index is 13.0. The fourth-order valence-electron chi connectivity index (χ4n) is 2.82. The van der Waals surface area contributed by atoms with Crippen LogP contribution in [0.4, 0.5) is 15.8 Å². The van der Waals surface area contributed by atoms with E-state index in [-0.39, 0.29) is 30.4 Å². The summed E-state index contributed by atoms with van der Waals surface area (Å²) in [7, 11) is 1.63. The van der Waals surface area contributed by atoms with Crippen LogP contribution in [0, 0.1) is 5.82 Å². The van der Waals surface area contributed by atoms with Crippen molar-refractivity contribution in [1.29, 1.82) is 0 Å². The summed E-state index contributed by atoms with van der Waals surface area (Å²) >= 11 is 0. The first-order valence-electron chi connectivity index (χ1n) is 9.81. The summed E-state index contributed by atoms with van der Waals surface area (Å²) in [6.07, 6.45) is 0. The fraction of sp³-hybridized carbons (Fsp3) is 0.125. The van der Waals surface area contributed by atoms with Crippen molar-refractivity contribution in [2.45, 2.75) is 0 Å². The SMILES string of the molecule is CN(C(=O)CNC(=O)c1ccccc1OCC(=O)Nc1ccc(F)cc1)c1ccccc1. The van der Waals surface area contributed by atoms with E-state index >= 15 is 0 Å². The monoisotopic (exact) mass is 435 g/mol. The number of ether oxygens (including phenoxy) is 1. The minimum atomic E-state index is -0.505. The van der Waals surface area contributed by atoms with Gasteiger partial charge < -0.3 is 20.3 Å². The number of carbonyl (C=O) groups excluding carboxylic acids is 3. The van der Waals surface area contributed by atoms with Gasteiger partial charge >= 0.3 is 0 Å². The molecule has 0 saturated carbocycles. The molecule has 8 heteroatoms. The Balaban J connectivity index is 1.55. The van der Waals surface area contributed by atoms with Gasteiger partial charge in [0.1, 0.15) is 11.6 Å². The molecule has 3 amide bonds. The number of para-hydroxylation sites is 2. The lowest BCUT2D eigenvalue weighted by molar-refractivity contribution is -0.118. The predicted molar refractivity (Wildman–Crippen MR) is 119 cm³/mol. The molecule has 0 heterocycles. The average Bonchev–Trinajstić information content (AvgIpc) is 2.82. The molecule has 32 heavy (non-hydrogen) atoms. The molecule has 0 aromatic heterocycles. The van der Waals surface area contributed by atoms with Crippen LogP contribution in [0.3, 0.4) is 0 Å². The second-order valence-corrected chi connectivity index (χ2v) is 6.81. The highest BCUT2D eigenvalue weighted by Gasteiger charge is 2.16. The van der Waals surface area contributed by atoms with E-state index in [4.69, 9.17) is 4.74 Å². The second-order valence-electron chi connectivity index (χ2n) is 6.81. The van der Waals surface area contributed by atoms with E-state index in [1.807, 2.05) is 18.2 Å². The molecule has 0 saturated heterocycles. The first-order valence-corrected chi connectivity index (χ1v) is 9.81. The summed E-state index contributed by atoms with van der Waals surface area (Å²) in [5.41, 5.74) is 1.33. The quantitative estimate of drug-likeness (QED) is 0.569. The van der Waals surface area contributed by atoms with Gasteiger partial charge in [-0.1, -0.05) is 30.3 Å². The van der Waals surface area contributed by atoms with Crippen LogP contribution in [-0.2, 0) is 9.59 Å². The number of carbonyl (C=O) groups is 3. The van der Waals surface area contributed by atoms with Crippen LogP contribution < -0.4 is 20.3 Å². The number of benzene rings is 3. The number of anilines is 2. The van der Waals surface area contributed by atoms with Crippen molar-refractivity contribution < 1.29 is 23.5 Å². The molecule has 0 aliphatic heterocycles. The number of rotatable bonds is 8. The molecule has 2 N–H and O–H groups in total. The standard InChI is InChI=1S/C24H22FN3O4/c1-28(19-7-3-2-4-8-19)23(30)15-26-24(31)20-9-5-6-10-21(20)32-16-22(29)27-18-13-11-17(25)12-14-18/h2-14H,15-16H2,1H3,(H,26,31)(H,27,29). The Morgan fingerprint density at radius 3 is 2.28 bits per heavy atom. The summed E-state index contributed by atoms with van der Waals surface area (Å²) < 4.78 is 18.5. The third-order valence-corrected chi connectivity index (χ3v) is 4.54. The molecule has 3 rings (SSSR count). The van der Waals surface area contributed by atoms with Crippen molar-refractivity contribution in [3.63, 3.8) is 0 Å². The fourth-order valence-corrected chi connectivity index (χ4v) is 2.82. The Hall–Kier alpha value is -4.20. The summed E-state index contributed by atoms with van der Waals surface area (Å²) in [5, 5.41) is 5.15. The number of nitrogens with one attached hydrogen (secondary N) is 2. The molecule has 3 aromatic rings. The van der Waals surface area contributed by atoms with E-state index < -0.39 is 17.6 Å². The van der Waals surface area contributed by atoms with Crippen molar-refractivity contribution in [3.05, 3.63) is 90.2 Å². The lowest BCUT2D eigenvalue weighted by Crippen LogP contribution is -2.38. The lowest BCUT2D eigenvalue weighted by Gasteiger charge is -2.18. The molecule has 0 spiro atoms. The van der Waals surface area contributed by atoms with Gasteiger partial charge in [-0.05, 0) is 48.5 Å². The van der Waals surface area contributed by atoms with E-state index in [1.165, 1.54) is 35.2 Å². The van der Waals surface area contributed by atoms with Gasteiger partial charge in [-0.3, -0.25) is 14.4 Å². The van der Waals surface area contributed by atoms with E-state index in [0.29, 0.717) is 11.4 Å². The minimum absolute atomic E-state index is 0.192. The van der Waals surface area contributed by atoms with E-state index in [1.54, 1.807) is 37.4 Å². The summed E-state index contributed by atoms with van der Waals surface area (Å²) in [4.78, 5) is 38.5. The number of hydrogen-bond acceptors (Lipinski definition) is 4. The summed E-state index contributed by atoms with van der Waals surface area (Å²) in [6.45, 7) is -0.555. The highest BCUT2D eigenvalue weighted by Crippen LogP contribution is 2.18. The smallest absolute Gasteiger partial charge is 0.262 e. The predicted octanol–water partition coefficient (Wildman–Crippen LogP) is 3.24. The van der Waals surface area contributed by atoms with Crippen molar-refractivity contribution in [1.82, 2.24) is 5.32 Å². The van der Waals surface area contributed by atoms with Gasteiger partial charge in [0.15, 0.2) is 6.61 Å². The van der Waals surface area contributed by atoms with E-state index in [0.717, 1.165) is 0 Å². The topological polar surface area (TPSA) is 87.7 Å². The van der Waals surface area contributed by atoms with Gasteiger partial charge in [0.25, 0.3) is 11.8 Å². The van der Waals surface area contributed by atoms with Crippen LogP contribution in [0.1, 0.15) is 10.4 Å². The van der Waals surface area contributed by atoms with Crippen LogP contribution in [0.25, 0.3) is 0 Å². The average molecular weight is 435 g/mol. The van der Waals surface area contributed by atoms with Gasteiger partial charge in [-0.25, -0.2) is 4.39 Å². The van der Waals surface area contributed by atoms with Crippen LogP contribution in [0.5, 0.6) is 5.75 Å². The van der Waals surface area contributed by atoms with Crippen molar-refractivity contribution in [2.75, 3.05) is 30.4 Å². The first kappa shape index (κ1) is 22.5. The second kappa shape index (κ2) is 10.7. The van der Waals surface area contributed by atoms with Gasteiger partial charge in [0.2, 0.25) is 5.91 Å². The molecule has 0 aliphatic carbocycles. The third-order valence-electron chi connectivity index (χ3n) is 4.54.